The molecule has 0 saturated carbocycles. The summed E-state index contributed by atoms with van der Waals surface area (Å²) in [5.74, 6) is -0.0852. The predicted molar refractivity (Wildman–Crippen MR) is 119 cm³/mol. The van der Waals surface area contributed by atoms with Gasteiger partial charge in [-0.2, -0.15) is 0 Å². The van der Waals surface area contributed by atoms with Crippen molar-refractivity contribution in [1.29, 1.82) is 0 Å². The van der Waals surface area contributed by atoms with E-state index >= 15 is 0 Å². The van der Waals surface area contributed by atoms with Gasteiger partial charge in [0.1, 0.15) is 11.7 Å². The zero-order valence-electron chi connectivity index (χ0n) is 16.4. The van der Waals surface area contributed by atoms with Crippen molar-refractivity contribution in [1.82, 2.24) is 10.2 Å². The molecule has 2 aromatic rings. The Hall–Kier alpha value is -2.12. The Balaban J connectivity index is 1.72. The lowest BCUT2D eigenvalue weighted by Gasteiger charge is -2.55. The number of halogens is 1. The van der Waals surface area contributed by atoms with Crippen molar-refractivity contribution < 1.29 is 14.3 Å². The third-order valence-electron chi connectivity index (χ3n) is 5.60. The van der Waals surface area contributed by atoms with Crippen LogP contribution >= 0.6 is 28.1 Å². The molecule has 7 heteroatoms. The van der Waals surface area contributed by atoms with Gasteiger partial charge in [0, 0.05) is 16.6 Å². The first-order chi connectivity index (χ1) is 13.9. The second-order valence-corrected chi connectivity index (χ2v) is 8.69. The van der Waals surface area contributed by atoms with E-state index in [2.05, 4.69) is 33.4 Å². The summed E-state index contributed by atoms with van der Waals surface area (Å²) < 4.78 is 12.8. The van der Waals surface area contributed by atoms with Crippen molar-refractivity contribution in [3.8, 4) is 5.75 Å². The number of carbonyl (C=O) groups excluding carboxylic acids is 1. The van der Waals surface area contributed by atoms with E-state index in [-0.39, 0.29) is 12.0 Å². The van der Waals surface area contributed by atoms with Crippen LogP contribution in [0.4, 0.5) is 0 Å². The number of thiocarbonyl (C=S) groups is 1. The molecule has 0 aliphatic carbocycles. The molecule has 0 amide bonds. The molecule has 5 nitrogen and oxygen atoms in total. The maximum absolute atomic E-state index is 13.0. The Morgan fingerprint density at radius 2 is 2.07 bits per heavy atom. The number of benzene rings is 2. The van der Waals surface area contributed by atoms with Crippen molar-refractivity contribution in [3.63, 3.8) is 0 Å². The number of ether oxygens (including phenoxy) is 2. The number of nitrogens with one attached hydrogen (secondary N) is 1. The highest BCUT2D eigenvalue weighted by molar-refractivity contribution is 9.10. The molecule has 2 aliphatic heterocycles. The van der Waals surface area contributed by atoms with Crippen molar-refractivity contribution in [2.24, 2.45) is 5.92 Å². The first-order valence-electron chi connectivity index (χ1n) is 9.71. The minimum atomic E-state index is -0.936. The van der Waals surface area contributed by atoms with Crippen molar-refractivity contribution in [2.75, 3.05) is 13.2 Å². The average molecular weight is 475 g/mol. The van der Waals surface area contributed by atoms with Crippen LogP contribution in [-0.2, 0) is 16.0 Å². The minimum Gasteiger partial charge on any atom is -0.467 e. The van der Waals surface area contributed by atoms with Gasteiger partial charge in [0.25, 0.3) is 0 Å². The molecule has 1 saturated heterocycles. The van der Waals surface area contributed by atoms with E-state index in [1.807, 2.05) is 55.1 Å². The van der Waals surface area contributed by atoms with Crippen LogP contribution in [-0.4, -0.2) is 34.9 Å². The summed E-state index contributed by atoms with van der Waals surface area (Å²) >= 11 is 9.22. The van der Waals surface area contributed by atoms with Crippen LogP contribution in [0.2, 0.25) is 0 Å². The molecule has 2 bridgehead atoms. The Morgan fingerprint density at radius 3 is 2.79 bits per heavy atom. The van der Waals surface area contributed by atoms with Crippen LogP contribution in [0, 0.1) is 5.92 Å². The summed E-state index contributed by atoms with van der Waals surface area (Å²) in [5, 5.41) is 3.97. The van der Waals surface area contributed by atoms with E-state index in [0.29, 0.717) is 18.3 Å². The highest BCUT2D eigenvalue weighted by atomic mass is 79.9. The van der Waals surface area contributed by atoms with E-state index in [9.17, 15) is 4.79 Å². The summed E-state index contributed by atoms with van der Waals surface area (Å²) in [4.78, 5) is 15.0. The number of esters is 1. The van der Waals surface area contributed by atoms with Gasteiger partial charge in [-0.25, -0.2) is 0 Å². The first kappa shape index (κ1) is 20.2. The van der Waals surface area contributed by atoms with E-state index in [1.165, 1.54) is 5.56 Å². The zero-order valence-corrected chi connectivity index (χ0v) is 18.8. The Labute approximate surface area is 184 Å². The Kier molecular flexibility index (Phi) is 5.53. The topological polar surface area (TPSA) is 50.8 Å². The molecule has 1 N–H and O–H groups in total. The number of carbonyl (C=O) groups is 1. The normalized spacial score (nSPS) is 24.9. The van der Waals surface area contributed by atoms with E-state index < -0.39 is 11.6 Å². The molecule has 152 valence electrons. The SMILES string of the molecule is CCOC(=O)[C@H]1[C@@H]2NC(=S)N(CCc3ccccc3)[C@@]1(C)Oc1ccc(Br)cc12. The second kappa shape index (κ2) is 7.95. The van der Waals surface area contributed by atoms with Gasteiger partial charge >= 0.3 is 5.97 Å². The molecule has 0 unspecified atom stereocenters. The summed E-state index contributed by atoms with van der Waals surface area (Å²) in [6, 6.07) is 15.7. The number of hydrogen-bond acceptors (Lipinski definition) is 4. The Morgan fingerprint density at radius 1 is 1.31 bits per heavy atom. The van der Waals surface area contributed by atoms with Crippen molar-refractivity contribution in [2.45, 2.75) is 32.0 Å². The molecule has 0 spiro atoms. The molecule has 0 radical (unpaired) electrons. The molecule has 2 heterocycles. The standard InChI is InChI=1S/C22H23BrN2O3S/c1-3-27-20(26)18-19-16-13-15(23)9-10-17(16)28-22(18,2)25(21(29)24-19)12-11-14-7-5-4-6-8-14/h4-10,13,18-19H,3,11-12H2,1-2H3,(H,24,29)/t18-,19-,22+/m1/s1. The van der Waals surface area contributed by atoms with Gasteiger partial charge in [-0.1, -0.05) is 46.3 Å². The summed E-state index contributed by atoms with van der Waals surface area (Å²) in [7, 11) is 0. The lowest BCUT2D eigenvalue weighted by Crippen LogP contribution is -2.71. The van der Waals surface area contributed by atoms with Gasteiger partial charge in [-0.3, -0.25) is 4.79 Å². The third kappa shape index (κ3) is 3.62. The van der Waals surface area contributed by atoms with Gasteiger partial charge in [-0.15, -0.1) is 0 Å². The fraction of sp³-hybridized carbons (Fsp3) is 0.364. The zero-order chi connectivity index (χ0) is 20.6. The Bertz CT molecular complexity index is 939. The van der Waals surface area contributed by atoms with Crippen molar-refractivity contribution in [3.05, 3.63) is 64.1 Å². The van der Waals surface area contributed by atoms with E-state index in [4.69, 9.17) is 21.7 Å². The van der Waals surface area contributed by atoms with E-state index in [1.54, 1.807) is 0 Å². The van der Waals surface area contributed by atoms with Gasteiger partial charge in [-0.05, 0) is 56.2 Å². The van der Waals surface area contributed by atoms with Crippen LogP contribution in [0.5, 0.6) is 5.75 Å². The van der Waals surface area contributed by atoms with E-state index in [0.717, 1.165) is 22.2 Å². The fourth-order valence-electron chi connectivity index (χ4n) is 4.22. The van der Waals surface area contributed by atoms with Gasteiger partial charge < -0.3 is 19.7 Å². The molecule has 2 aliphatic rings. The van der Waals surface area contributed by atoms with Gasteiger partial charge in [0.2, 0.25) is 0 Å². The fourth-order valence-corrected chi connectivity index (χ4v) is 5.00. The molecule has 0 aromatic heterocycles. The van der Waals surface area contributed by atoms with Crippen LogP contribution in [0.1, 0.15) is 31.0 Å². The summed E-state index contributed by atoms with van der Waals surface area (Å²) in [5.41, 5.74) is 1.17. The number of rotatable bonds is 5. The first-order valence-corrected chi connectivity index (χ1v) is 10.9. The average Bonchev–Trinajstić information content (AvgIpc) is 2.69. The molecule has 3 atom stereocenters. The van der Waals surface area contributed by atoms with Gasteiger partial charge in [0.05, 0.1) is 12.6 Å². The van der Waals surface area contributed by atoms with Crippen LogP contribution in [0.25, 0.3) is 0 Å². The number of fused-ring (bicyclic) bond motifs is 4. The molecule has 4 rings (SSSR count). The maximum atomic E-state index is 13.0. The third-order valence-corrected chi connectivity index (χ3v) is 6.43. The number of hydrogen-bond donors (Lipinski definition) is 1. The summed E-state index contributed by atoms with van der Waals surface area (Å²) in [6.07, 6.45) is 0.787. The minimum absolute atomic E-state index is 0.287. The van der Waals surface area contributed by atoms with Crippen LogP contribution < -0.4 is 10.1 Å². The molecule has 2 aromatic carbocycles. The predicted octanol–water partition coefficient (Wildman–Crippen LogP) is 4.21. The monoisotopic (exact) mass is 474 g/mol. The molecule has 1 fully saturated rings. The largest absolute Gasteiger partial charge is 0.467 e. The maximum Gasteiger partial charge on any atom is 0.317 e. The van der Waals surface area contributed by atoms with Crippen LogP contribution in [0.3, 0.4) is 0 Å². The molecular weight excluding hydrogens is 452 g/mol. The smallest absolute Gasteiger partial charge is 0.317 e. The second-order valence-electron chi connectivity index (χ2n) is 7.38. The van der Waals surface area contributed by atoms with Crippen LogP contribution in [0.15, 0.2) is 53.0 Å². The lowest BCUT2D eigenvalue weighted by atomic mass is 9.79. The van der Waals surface area contributed by atoms with Crippen molar-refractivity contribution >= 4 is 39.2 Å². The quantitative estimate of drug-likeness (QED) is 0.517. The van der Waals surface area contributed by atoms with Gasteiger partial charge in [0.15, 0.2) is 10.8 Å². The number of nitrogens with zero attached hydrogens (tertiary/aromatic N) is 1. The highest BCUT2D eigenvalue weighted by Crippen LogP contribution is 2.49. The highest BCUT2D eigenvalue weighted by Gasteiger charge is 2.59. The molecule has 29 heavy (non-hydrogen) atoms. The molecular formula is C22H23BrN2O3S. The lowest BCUT2D eigenvalue weighted by molar-refractivity contribution is -0.175. The summed E-state index contributed by atoms with van der Waals surface area (Å²) in [6.45, 7) is 4.69.